The summed E-state index contributed by atoms with van der Waals surface area (Å²) in [6.07, 6.45) is 10.7. The number of hydrogen-bond acceptors (Lipinski definition) is 3. The van der Waals surface area contributed by atoms with Gasteiger partial charge in [0.05, 0.1) is 5.69 Å². The molecule has 0 fully saturated rings. The molecule has 51 heavy (non-hydrogen) atoms. The van der Waals surface area contributed by atoms with Gasteiger partial charge in [-0.25, -0.2) is 4.98 Å². The van der Waals surface area contributed by atoms with Crippen molar-refractivity contribution in [2.45, 2.75) is 5.92 Å². The minimum atomic E-state index is 0.206. The highest BCUT2D eigenvalue weighted by Crippen LogP contribution is 2.42. The predicted molar refractivity (Wildman–Crippen MR) is 213 cm³/mol. The number of benzene rings is 7. The first kappa shape index (κ1) is 30.4. The third kappa shape index (κ3) is 5.96. The Balaban J connectivity index is 1.08. The van der Waals surface area contributed by atoms with Crippen LogP contribution in [0.1, 0.15) is 17.4 Å². The van der Waals surface area contributed by atoms with Gasteiger partial charge in [0.25, 0.3) is 0 Å². The molecule has 1 unspecified atom stereocenters. The van der Waals surface area contributed by atoms with Gasteiger partial charge in [0, 0.05) is 33.8 Å². The van der Waals surface area contributed by atoms with E-state index in [1.807, 2.05) is 12.1 Å². The second-order valence-electron chi connectivity index (χ2n) is 12.8. The first-order valence-corrected chi connectivity index (χ1v) is 17.3. The number of oxazole rings is 1. The van der Waals surface area contributed by atoms with Crippen molar-refractivity contribution in [3.63, 3.8) is 0 Å². The molecule has 1 heterocycles. The van der Waals surface area contributed by atoms with E-state index >= 15 is 0 Å². The van der Waals surface area contributed by atoms with Crippen molar-refractivity contribution in [2.24, 2.45) is 0 Å². The summed E-state index contributed by atoms with van der Waals surface area (Å²) in [5.74, 6) is 0.830. The van der Waals surface area contributed by atoms with Crippen LogP contribution in [0.15, 0.2) is 205 Å². The fraction of sp³-hybridized carbons (Fsp3) is 0.0208. The molecular formula is C48H34N2O. The molecular weight excluding hydrogens is 621 g/mol. The van der Waals surface area contributed by atoms with Crippen molar-refractivity contribution in [3.8, 4) is 22.3 Å². The van der Waals surface area contributed by atoms with Gasteiger partial charge in [-0.15, -0.1) is 0 Å². The first-order chi connectivity index (χ1) is 25.3. The molecule has 1 aliphatic carbocycles. The van der Waals surface area contributed by atoms with Crippen LogP contribution >= 0.6 is 0 Å². The van der Waals surface area contributed by atoms with Crippen LogP contribution in [0, 0.1) is 0 Å². The van der Waals surface area contributed by atoms with E-state index in [4.69, 9.17) is 9.40 Å². The van der Waals surface area contributed by atoms with Crippen LogP contribution in [0.3, 0.4) is 0 Å². The number of para-hydroxylation sites is 2. The Morgan fingerprint density at radius 2 is 1.22 bits per heavy atom. The van der Waals surface area contributed by atoms with Gasteiger partial charge in [0.1, 0.15) is 5.52 Å². The van der Waals surface area contributed by atoms with Gasteiger partial charge in [-0.3, -0.25) is 0 Å². The lowest BCUT2D eigenvalue weighted by atomic mass is 9.98. The SMILES string of the molecule is C1=CC(c2ccccc2)C=CC(c2nc3c(ccc4cc(-c5ccccc5N(c5ccccc5)c5ccc(-c6ccccc6)cc5)ccc43)o2)=C1. The molecule has 0 amide bonds. The maximum Gasteiger partial charge on any atom is 0.227 e. The highest BCUT2D eigenvalue weighted by Gasteiger charge is 2.19. The van der Waals surface area contributed by atoms with Crippen LogP contribution in [-0.4, -0.2) is 4.98 Å². The van der Waals surface area contributed by atoms with E-state index < -0.39 is 0 Å². The summed E-state index contributed by atoms with van der Waals surface area (Å²) in [6, 6.07) is 59.9. The van der Waals surface area contributed by atoms with E-state index in [1.54, 1.807) is 0 Å². The number of allylic oxidation sites excluding steroid dienone is 6. The Kier molecular flexibility index (Phi) is 7.92. The molecule has 1 aromatic heterocycles. The molecule has 0 saturated carbocycles. The van der Waals surface area contributed by atoms with E-state index in [-0.39, 0.29) is 5.92 Å². The van der Waals surface area contributed by atoms with Crippen LogP contribution in [0.5, 0.6) is 0 Å². The Labute approximate surface area is 297 Å². The van der Waals surface area contributed by atoms with Crippen LogP contribution in [0.25, 0.3) is 49.7 Å². The molecule has 242 valence electrons. The second kappa shape index (κ2) is 13.3. The molecule has 1 atom stereocenters. The fourth-order valence-corrected chi connectivity index (χ4v) is 7.01. The fourth-order valence-electron chi connectivity index (χ4n) is 7.01. The number of aromatic nitrogens is 1. The van der Waals surface area contributed by atoms with E-state index in [9.17, 15) is 0 Å². The van der Waals surface area contributed by atoms with Crippen molar-refractivity contribution in [3.05, 3.63) is 212 Å². The van der Waals surface area contributed by atoms with Crippen LogP contribution in [0.4, 0.5) is 17.1 Å². The normalized spacial score (nSPS) is 14.0. The lowest BCUT2D eigenvalue weighted by molar-refractivity contribution is 0.586. The second-order valence-corrected chi connectivity index (χ2v) is 12.8. The minimum Gasteiger partial charge on any atom is -0.436 e. The lowest BCUT2D eigenvalue weighted by Gasteiger charge is -2.28. The number of anilines is 3. The van der Waals surface area contributed by atoms with Crippen LogP contribution < -0.4 is 4.90 Å². The smallest absolute Gasteiger partial charge is 0.227 e. The first-order valence-electron chi connectivity index (χ1n) is 17.3. The zero-order valence-corrected chi connectivity index (χ0v) is 27.9. The third-order valence-electron chi connectivity index (χ3n) is 9.59. The predicted octanol–water partition coefficient (Wildman–Crippen LogP) is 13.1. The molecule has 0 bridgehead atoms. The summed E-state index contributed by atoms with van der Waals surface area (Å²) in [4.78, 5) is 7.37. The summed E-state index contributed by atoms with van der Waals surface area (Å²) in [5.41, 5.74) is 11.8. The van der Waals surface area contributed by atoms with Gasteiger partial charge >= 0.3 is 0 Å². The molecule has 3 nitrogen and oxygen atoms in total. The van der Waals surface area contributed by atoms with Crippen molar-refractivity contribution < 1.29 is 4.42 Å². The Hall–Kier alpha value is -6.71. The van der Waals surface area contributed by atoms with E-state index in [0.29, 0.717) is 5.89 Å². The number of hydrogen-bond donors (Lipinski definition) is 0. The van der Waals surface area contributed by atoms with Crippen molar-refractivity contribution in [1.82, 2.24) is 4.98 Å². The van der Waals surface area contributed by atoms with E-state index in [2.05, 4.69) is 193 Å². The zero-order chi connectivity index (χ0) is 34.0. The molecule has 0 aliphatic heterocycles. The summed E-state index contributed by atoms with van der Waals surface area (Å²) in [7, 11) is 0. The van der Waals surface area contributed by atoms with Gasteiger partial charge in [-0.2, -0.15) is 0 Å². The van der Waals surface area contributed by atoms with Gasteiger partial charge in [0.2, 0.25) is 5.89 Å². The summed E-state index contributed by atoms with van der Waals surface area (Å²) in [5, 5.41) is 2.18. The highest BCUT2D eigenvalue weighted by molar-refractivity contribution is 6.06. The maximum absolute atomic E-state index is 6.34. The lowest BCUT2D eigenvalue weighted by Crippen LogP contribution is -2.11. The monoisotopic (exact) mass is 654 g/mol. The Bertz CT molecular complexity index is 2560. The van der Waals surface area contributed by atoms with Crippen molar-refractivity contribution >= 4 is 44.5 Å². The van der Waals surface area contributed by atoms with Gasteiger partial charge in [0.15, 0.2) is 5.58 Å². The molecule has 8 aromatic rings. The topological polar surface area (TPSA) is 29.3 Å². The van der Waals surface area contributed by atoms with Gasteiger partial charge in [-0.05, 0) is 76.2 Å². The number of fused-ring (bicyclic) bond motifs is 3. The number of rotatable bonds is 7. The molecule has 9 rings (SSSR count). The molecule has 1 aliphatic rings. The zero-order valence-electron chi connectivity index (χ0n) is 27.9. The van der Waals surface area contributed by atoms with E-state index in [1.165, 1.54) is 16.7 Å². The highest BCUT2D eigenvalue weighted by atomic mass is 16.3. The molecule has 0 N–H and O–H groups in total. The summed E-state index contributed by atoms with van der Waals surface area (Å²) < 4.78 is 6.34. The molecule has 0 saturated heterocycles. The average molecular weight is 655 g/mol. The van der Waals surface area contributed by atoms with Crippen LogP contribution in [-0.2, 0) is 0 Å². The quantitative estimate of drug-likeness (QED) is 0.171. The van der Waals surface area contributed by atoms with Gasteiger partial charge in [-0.1, -0.05) is 152 Å². The van der Waals surface area contributed by atoms with Crippen molar-refractivity contribution in [2.75, 3.05) is 4.90 Å². The average Bonchev–Trinajstić information content (AvgIpc) is 3.49. The standard InChI is InChI=1S/C48H34N2O/c1-4-13-34(14-5-1)36-17-12-18-38(24-23-36)48-49-47-44-31-27-39(33-40(44)28-32-46(47)51-48)43-21-10-11-22-45(43)50(41-19-8-3-9-20-41)42-29-25-37(26-30-42)35-15-6-2-7-16-35/h1-33,36H. The molecule has 7 aromatic carbocycles. The minimum absolute atomic E-state index is 0.206. The maximum atomic E-state index is 6.34. The Morgan fingerprint density at radius 3 is 2.02 bits per heavy atom. The van der Waals surface area contributed by atoms with Crippen LogP contribution in [0.2, 0.25) is 0 Å². The largest absolute Gasteiger partial charge is 0.436 e. The van der Waals surface area contributed by atoms with E-state index in [0.717, 1.165) is 55.6 Å². The summed E-state index contributed by atoms with van der Waals surface area (Å²) in [6.45, 7) is 0. The third-order valence-corrected chi connectivity index (χ3v) is 9.59. The molecule has 3 heteroatoms. The van der Waals surface area contributed by atoms with Crippen molar-refractivity contribution in [1.29, 1.82) is 0 Å². The van der Waals surface area contributed by atoms with Gasteiger partial charge < -0.3 is 9.32 Å². The summed E-state index contributed by atoms with van der Waals surface area (Å²) >= 11 is 0. The molecule has 0 radical (unpaired) electrons. The Morgan fingerprint density at radius 1 is 0.549 bits per heavy atom. The molecule has 0 spiro atoms. The number of nitrogens with zero attached hydrogens (tertiary/aromatic N) is 2.